The van der Waals surface area contributed by atoms with Crippen LogP contribution in [-0.2, 0) is 29.1 Å². The zero-order chi connectivity index (χ0) is 42.4. The first kappa shape index (κ1) is 40.7. The molecule has 0 N–H and O–H groups in total. The van der Waals surface area contributed by atoms with E-state index in [2.05, 4.69) is 49.2 Å². The van der Waals surface area contributed by atoms with Gasteiger partial charge in [0.1, 0.15) is 5.75 Å². The highest BCUT2D eigenvalue weighted by atomic mass is 16.5. The van der Waals surface area contributed by atoms with E-state index in [0.717, 1.165) is 76.5 Å². The molecule has 0 bridgehead atoms. The number of amides is 4. The maximum absolute atomic E-state index is 13.7. The van der Waals surface area contributed by atoms with E-state index < -0.39 is 0 Å². The number of hydrogen-bond donors (Lipinski definition) is 0. The number of fused-ring (bicyclic) bond motifs is 2. The van der Waals surface area contributed by atoms with Crippen LogP contribution in [-0.4, -0.2) is 150 Å². The number of para-hydroxylation sites is 1. The molecular weight excluding hydrogens is 775 g/mol. The summed E-state index contributed by atoms with van der Waals surface area (Å²) >= 11 is 0. The van der Waals surface area contributed by atoms with Gasteiger partial charge in [0.05, 0.1) is 49.7 Å². The van der Waals surface area contributed by atoms with Crippen LogP contribution in [0.2, 0.25) is 0 Å². The number of carbonyl (C=O) groups is 4. The highest BCUT2D eigenvalue weighted by molar-refractivity contribution is 5.94. The molecule has 0 aliphatic carbocycles. The fourth-order valence-electron chi connectivity index (χ4n) is 10.3. The lowest BCUT2D eigenvalue weighted by molar-refractivity contribution is -0.118. The van der Waals surface area contributed by atoms with Crippen molar-refractivity contribution in [1.82, 2.24) is 39.2 Å². The molecule has 0 radical (unpaired) electrons. The van der Waals surface area contributed by atoms with Crippen molar-refractivity contribution in [2.45, 2.75) is 39.3 Å². The van der Waals surface area contributed by atoms with Crippen LogP contribution in [0.4, 0.5) is 26.7 Å². The SMILES string of the molecule is COc1ccccc1CN1CC2CN(C(=O)n3cc(N(C)C(=O)Cc4ccc(CN5CC6CN(C(=O)n7cc(N(C)C(C)=O)cn7)CC6C5)c(N5CCCC5)c4)cn3)CC2C1. The van der Waals surface area contributed by atoms with Crippen LogP contribution in [0.25, 0.3) is 0 Å². The van der Waals surface area contributed by atoms with Gasteiger partial charge in [-0.25, -0.2) is 9.59 Å². The molecule has 5 aliphatic rings. The lowest BCUT2D eigenvalue weighted by atomic mass is 10.0. The quantitative estimate of drug-likeness (QED) is 0.231. The lowest BCUT2D eigenvalue weighted by Crippen LogP contribution is -2.36. The average molecular weight is 832 g/mol. The van der Waals surface area contributed by atoms with Gasteiger partial charge in [-0.05, 0) is 59.8 Å². The molecule has 16 heteroatoms. The molecule has 5 saturated heterocycles. The molecule has 5 aliphatic heterocycles. The normalized spacial score (nSPS) is 22.5. The zero-order valence-corrected chi connectivity index (χ0v) is 35.7. The number of carbonyl (C=O) groups excluding carboxylic acids is 4. The van der Waals surface area contributed by atoms with E-state index in [4.69, 9.17) is 4.74 Å². The Morgan fingerprint density at radius 2 is 1.21 bits per heavy atom. The molecule has 7 heterocycles. The number of likely N-dealkylation sites (tertiary alicyclic amines) is 4. The Labute approximate surface area is 357 Å². The third-order valence-corrected chi connectivity index (χ3v) is 13.7. The minimum Gasteiger partial charge on any atom is -0.496 e. The smallest absolute Gasteiger partial charge is 0.344 e. The largest absolute Gasteiger partial charge is 0.496 e. The average Bonchev–Trinajstić information content (AvgIpc) is 4.11. The molecule has 16 nitrogen and oxygen atoms in total. The van der Waals surface area contributed by atoms with Gasteiger partial charge in [0.15, 0.2) is 0 Å². The van der Waals surface area contributed by atoms with Gasteiger partial charge in [-0.1, -0.05) is 30.3 Å². The van der Waals surface area contributed by atoms with Crippen LogP contribution in [0.5, 0.6) is 5.75 Å². The lowest BCUT2D eigenvalue weighted by Gasteiger charge is -2.26. The molecule has 4 unspecified atom stereocenters. The van der Waals surface area contributed by atoms with Crippen LogP contribution >= 0.6 is 0 Å². The molecule has 4 amide bonds. The number of benzene rings is 2. The first-order valence-electron chi connectivity index (χ1n) is 21.6. The molecule has 0 saturated carbocycles. The number of ether oxygens (including phenoxy) is 1. The summed E-state index contributed by atoms with van der Waals surface area (Å²) in [5.74, 6) is 2.33. The van der Waals surface area contributed by atoms with Crippen LogP contribution in [0.1, 0.15) is 36.5 Å². The van der Waals surface area contributed by atoms with Crippen LogP contribution < -0.4 is 19.4 Å². The summed E-state index contributed by atoms with van der Waals surface area (Å²) < 4.78 is 8.27. The van der Waals surface area contributed by atoms with Crippen molar-refractivity contribution < 1.29 is 23.9 Å². The Morgan fingerprint density at radius 3 is 1.75 bits per heavy atom. The van der Waals surface area contributed by atoms with Crippen molar-refractivity contribution >= 4 is 40.9 Å². The van der Waals surface area contributed by atoms with Gasteiger partial charge < -0.3 is 29.2 Å². The van der Waals surface area contributed by atoms with Gasteiger partial charge in [-0.3, -0.25) is 19.4 Å². The first-order valence-corrected chi connectivity index (χ1v) is 21.6. The van der Waals surface area contributed by atoms with E-state index in [9.17, 15) is 19.2 Å². The minimum atomic E-state index is -0.156. The summed E-state index contributed by atoms with van der Waals surface area (Å²) in [7, 11) is 5.13. The molecule has 4 aromatic rings. The molecular formula is C45H57N11O5. The fraction of sp³-hybridized carbons (Fsp3) is 0.511. The van der Waals surface area contributed by atoms with Crippen molar-refractivity contribution in [1.29, 1.82) is 0 Å². The molecule has 322 valence electrons. The number of aromatic nitrogens is 4. The highest BCUT2D eigenvalue weighted by Gasteiger charge is 2.43. The monoisotopic (exact) mass is 831 g/mol. The van der Waals surface area contributed by atoms with Crippen LogP contribution in [0.3, 0.4) is 0 Å². The number of likely N-dealkylation sites (N-methyl/N-ethyl adjacent to an activating group) is 1. The van der Waals surface area contributed by atoms with E-state index in [1.165, 1.54) is 38.0 Å². The van der Waals surface area contributed by atoms with Crippen LogP contribution in [0, 0.1) is 23.7 Å². The number of anilines is 3. The fourth-order valence-corrected chi connectivity index (χ4v) is 10.3. The zero-order valence-electron chi connectivity index (χ0n) is 35.7. The van der Waals surface area contributed by atoms with E-state index in [-0.39, 0.29) is 30.3 Å². The summed E-state index contributed by atoms with van der Waals surface area (Å²) in [6.07, 6.45) is 8.97. The maximum Gasteiger partial charge on any atom is 0.344 e. The summed E-state index contributed by atoms with van der Waals surface area (Å²) in [6, 6.07) is 14.3. The van der Waals surface area contributed by atoms with Crippen molar-refractivity contribution in [3.63, 3.8) is 0 Å². The van der Waals surface area contributed by atoms with Gasteiger partial charge in [0.2, 0.25) is 11.8 Å². The minimum absolute atomic E-state index is 0.0679. The molecule has 0 spiro atoms. The Kier molecular flexibility index (Phi) is 11.3. The second kappa shape index (κ2) is 17.0. The Bertz CT molecular complexity index is 2260. The topological polar surface area (TPSA) is 136 Å². The number of rotatable bonds is 10. The predicted molar refractivity (Wildman–Crippen MR) is 231 cm³/mol. The first-order chi connectivity index (χ1) is 29.5. The van der Waals surface area contributed by atoms with Gasteiger partial charge in [0, 0.05) is 111 Å². The second-order valence-corrected chi connectivity index (χ2v) is 17.8. The standard InChI is InChI=1S/C45H57N11O5/c1-31(57)48(2)39-17-46-55(29-39)44(59)53-25-35-21-50(22-36(35)26-53)19-33-12-11-32(15-41(33)52-13-7-8-14-52)16-43(58)49(3)40-18-47-56(30-40)45(60)54-27-37-23-51(24-38(37)28-54)20-34-9-5-6-10-42(34)61-4/h5-6,9-12,15,17-18,29-30,35-38H,7-8,13-14,16,19-28H2,1-4H3. The molecule has 4 atom stereocenters. The molecule has 2 aromatic heterocycles. The van der Waals surface area contributed by atoms with Gasteiger partial charge in [-0.2, -0.15) is 19.6 Å². The van der Waals surface area contributed by atoms with E-state index in [0.29, 0.717) is 61.2 Å². The summed E-state index contributed by atoms with van der Waals surface area (Å²) in [5, 5.41) is 8.64. The van der Waals surface area contributed by atoms with Crippen molar-refractivity contribution in [2.75, 3.05) is 101 Å². The molecule has 2 aromatic carbocycles. The second-order valence-electron chi connectivity index (χ2n) is 17.8. The number of nitrogens with zero attached hydrogens (tertiary/aromatic N) is 11. The van der Waals surface area contributed by atoms with Gasteiger partial charge in [-0.15, -0.1) is 0 Å². The Hall–Kier alpha value is -5.74. The van der Waals surface area contributed by atoms with Crippen molar-refractivity contribution in [2.24, 2.45) is 23.7 Å². The predicted octanol–water partition coefficient (Wildman–Crippen LogP) is 3.94. The summed E-state index contributed by atoms with van der Waals surface area (Å²) in [6.45, 7) is 11.6. The van der Waals surface area contributed by atoms with Gasteiger partial charge in [0.25, 0.3) is 0 Å². The maximum atomic E-state index is 13.7. The Balaban J connectivity index is 0.781. The highest BCUT2D eigenvalue weighted by Crippen LogP contribution is 2.36. The summed E-state index contributed by atoms with van der Waals surface area (Å²) in [4.78, 5) is 66.7. The van der Waals surface area contributed by atoms with Crippen LogP contribution in [0.15, 0.2) is 67.3 Å². The summed E-state index contributed by atoms with van der Waals surface area (Å²) in [5.41, 5.74) is 5.77. The molecule has 61 heavy (non-hydrogen) atoms. The molecule has 5 fully saturated rings. The van der Waals surface area contributed by atoms with Crippen molar-refractivity contribution in [3.8, 4) is 5.75 Å². The third-order valence-electron chi connectivity index (χ3n) is 13.7. The molecule has 9 rings (SSSR count). The Morgan fingerprint density at radius 1 is 0.689 bits per heavy atom. The van der Waals surface area contributed by atoms with Gasteiger partial charge >= 0.3 is 12.1 Å². The van der Waals surface area contributed by atoms with E-state index in [1.54, 1.807) is 50.9 Å². The van der Waals surface area contributed by atoms with E-state index >= 15 is 0 Å². The number of methoxy groups -OCH3 is 1. The third kappa shape index (κ3) is 8.34. The van der Waals surface area contributed by atoms with Crippen molar-refractivity contribution in [3.05, 3.63) is 83.9 Å². The van der Waals surface area contributed by atoms with E-state index in [1.807, 2.05) is 28.0 Å². The number of hydrogen-bond acceptors (Lipinski definition) is 10.